The van der Waals surface area contributed by atoms with Crippen molar-refractivity contribution in [2.75, 3.05) is 13.2 Å². The zero-order valence-electron chi connectivity index (χ0n) is 10.0. The summed E-state index contributed by atoms with van der Waals surface area (Å²) >= 11 is 0. The monoisotopic (exact) mass is 253 g/mol. The van der Waals surface area contributed by atoms with Gasteiger partial charge in [-0.05, 0) is 12.3 Å². The number of hydrogen-bond acceptors (Lipinski definition) is 2. The molecule has 0 spiro atoms. The van der Waals surface area contributed by atoms with E-state index in [2.05, 4.69) is 6.58 Å². The van der Waals surface area contributed by atoms with Gasteiger partial charge in [0.2, 0.25) is 0 Å². The minimum absolute atomic E-state index is 0.0476. The highest BCUT2D eigenvalue weighted by Gasteiger charge is 2.39. The highest BCUT2D eigenvalue weighted by Crippen LogP contribution is 2.15. The van der Waals surface area contributed by atoms with Crippen LogP contribution < -0.4 is 5.32 Å². The standard InChI is InChI=1S/C11H18F3NO2/c1-4-5-17-7-9(6-8(2)3)15-10(16)11(12,13)14/h4,8-9H,1,5-7H2,2-3H3,(H,15,16). The van der Waals surface area contributed by atoms with Crippen LogP contribution in [0.1, 0.15) is 20.3 Å². The van der Waals surface area contributed by atoms with E-state index in [4.69, 9.17) is 4.74 Å². The zero-order chi connectivity index (χ0) is 13.5. The summed E-state index contributed by atoms with van der Waals surface area (Å²) in [6.45, 7) is 7.44. The third-order valence-corrected chi connectivity index (χ3v) is 1.90. The van der Waals surface area contributed by atoms with Gasteiger partial charge in [0, 0.05) is 0 Å². The van der Waals surface area contributed by atoms with E-state index in [1.165, 1.54) is 6.08 Å². The molecule has 1 unspecified atom stereocenters. The third kappa shape index (κ3) is 7.79. The molecule has 0 aromatic carbocycles. The zero-order valence-corrected chi connectivity index (χ0v) is 10.0. The van der Waals surface area contributed by atoms with Gasteiger partial charge < -0.3 is 10.1 Å². The molecular weight excluding hydrogens is 235 g/mol. The molecule has 0 radical (unpaired) electrons. The van der Waals surface area contributed by atoms with E-state index < -0.39 is 18.1 Å². The van der Waals surface area contributed by atoms with E-state index >= 15 is 0 Å². The van der Waals surface area contributed by atoms with E-state index in [1.54, 1.807) is 0 Å². The summed E-state index contributed by atoms with van der Waals surface area (Å²) in [4.78, 5) is 10.8. The fraction of sp³-hybridized carbons (Fsp3) is 0.727. The summed E-state index contributed by atoms with van der Waals surface area (Å²) in [6.07, 6.45) is -2.93. The summed E-state index contributed by atoms with van der Waals surface area (Å²) in [7, 11) is 0. The first-order valence-electron chi connectivity index (χ1n) is 5.33. The Bertz CT molecular complexity index is 252. The van der Waals surface area contributed by atoms with Gasteiger partial charge in [0.15, 0.2) is 0 Å². The highest BCUT2D eigenvalue weighted by atomic mass is 19.4. The summed E-state index contributed by atoms with van der Waals surface area (Å²) in [5, 5.41) is 1.92. The lowest BCUT2D eigenvalue weighted by molar-refractivity contribution is -0.174. The van der Waals surface area contributed by atoms with Crippen molar-refractivity contribution in [3.05, 3.63) is 12.7 Å². The van der Waals surface area contributed by atoms with Gasteiger partial charge in [-0.15, -0.1) is 6.58 Å². The SMILES string of the molecule is C=CCOCC(CC(C)C)NC(=O)C(F)(F)F. The number of alkyl halides is 3. The molecule has 0 aliphatic rings. The molecule has 0 aliphatic heterocycles. The van der Waals surface area contributed by atoms with E-state index in [0.29, 0.717) is 6.42 Å². The third-order valence-electron chi connectivity index (χ3n) is 1.90. The quantitative estimate of drug-likeness (QED) is 0.558. The maximum atomic E-state index is 12.1. The second-order valence-electron chi connectivity index (χ2n) is 4.12. The second-order valence-corrected chi connectivity index (χ2v) is 4.12. The van der Waals surface area contributed by atoms with Gasteiger partial charge in [-0.3, -0.25) is 4.79 Å². The molecule has 0 saturated heterocycles. The smallest absolute Gasteiger partial charge is 0.375 e. The fourth-order valence-corrected chi connectivity index (χ4v) is 1.30. The van der Waals surface area contributed by atoms with Crippen molar-refractivity contribution in [3.8, 4) is 0 Å². The number of halogens is 3. The number of amides is 1. The molecule has 6 heteroatoms. The molecule has 0 aliphatic carbocycles. The van der Waals surface area contributed by atoms with E-state index in [-0.39, 0.29) is 19.1 Å². The molecule has 100 valence electrons. The predicted molar refractivity (Wildman–Crippen MR) is 58.5 cm³/mol. The Balaban J connectivity index is 4.27. The molecule has 0 saturated carbocycles. The first-order valence-corrected chi connectivity index (χ1v) is 5.33. The van der Waals surface area contributed by atoms with Crippen LogP contribution >= 0.6 is 0 Å². The molecule has 0 fully saturated rings. The van der Waals surface area contributed by atoms with Crippen LogP contribution in [-0.2, 0) is 9.53 Å². The minimum atomic E-state index is -4.85. The first kappa shape index (κ1) is 16.0. The normalized spacial score (nSPS) is 13.5. The maximum absolute atomic E-state index is 12.1. The Kier molecular flexibility index (Phi) is 6.87. The van der Waals surface area contributed by atoms with Crippen LogP contribution in [0.5, 0.6) is 0 Å². The average molecular weight is 253 g/mol. The molecule has 0 rings (SSSR count). The van der Waals surface area contributed by atoms with Crippen LogP contribution in [0.3, 0.4) is 0 Å². The van der Waals surface area contributed by atoms with Crippen molar-refractivity contribution >= 4 is 5.91 Å². The van der Waals surface area contributed by atoms with E-state index in [9.17, 15) is 18.0 Å². The topological polar surface area (TPSA) is 38.3 Å². The molecule has 0 aromatic rings. The van der Waals surface area contributed by atoms with Gasteiger partial charge >= 0.3 is 12.1 Å². The van der Waals surface area contributed by atoms with Gasteiger partial charge in [0.1, 0.15) is 0 Å². The largest absolute Gasteiger partial charge is 0.471 e. The Labute approximate surface area is 99.0 Å². The number of nitrogens with one attached hydrogen (secondary N) is 1. The minimum Gasteiger partial charge on any atom is -0.375 e. The molecule has 17 heavy (non-hydrogen) atoms. The van der Waals surface area contributed by atoms with Crippen LogP contribution in [0.25, 0.3) is 0 Å². The van der Waals surface area contributed by atoms with Crippen LogP contribution in [0.15, 0.2) is 12.7 Å². The van der Waals surface area contributed by atoms with Gasteiger partial charge in [0.25, 0.3) is 0 Å². The van der Waals surface area contributed by atoms with E-state index in [0.717, 1.165) is 0 Å². The van der Waals surface area contributed by atoms with Crippen LogP contribution in [0.2, 0.25) is 0 Å². The van der Waals surface area contributed by atoms with Crippen LogP contribution in [0, 0.1) is 5.92 Å². The van der Waals surface area contributed by atoms with Crippen molar-refractivity contribution in [1.29, 1.82) is 0 Å². The van der Waals surface area contributed by atoms with Crippen molar-refractivity contribution < 1.29 is 22.7 Å². The lowest BCUT2D eigenvalue weighted by atomic mass is 10.0. The van der Waals surface area contributed by atoms with Gasteiger partial charge in [-0.2, -0.15) is 13.2 Å². The number of hydrogen-bond donors (Lipinski definition) is 1. The Morgan fingerprint density at radius 1 is 1.47 bits per heavy atom. The molecule has 1 N–H and O–H groups in total. The van der Waals surface area contributed by atoms with E-state index in [1.807, 2.05) is 19.2 Å². The van der Waals surface area contributed by atoms with Crippen molar-refractivity contribution in [2.45, 2.75) is 32.5 Å². The fourth-order valence-electron chi connectivity index (χ4n) is 1.30. The number of ether oxygens (including phenoxy) is 1. The molecule has 1 atom stereocenters. The second kappa shape index (κ2) is 7.32. The van der Waals surface area contributed by atoms with Crippen LogP contribution in [-0.4, -0.2) is 31.3 Å². The predicted octanol–water partition coefficient (Wildman–Crippen LogP) is 2.28. The van der Waals surface area contributed by atoms with Gasteiger partial charge in [-0.25, -0.2) is 0 Å². The van der Waals surface area contributed by atoms with Crippen molar-refractivity contribution in [1.82, 2.24) is 5.32 Å². The Hall–Kier alpha value is -1.04. The molecular formula is C11H18F3NO2. The molecule has 0 heterocycles. The number of rotatable bonds is 7. The average Bonchev–Trinajstić information content (AvgIpc) is 2.15. The summed E-state index contributed by atoms with van der Waals surface area (Å²) in [5.74, 6) is -1.76. The van der Waals surface area contributed by atoms with Gasteiger partial charge in [-0.1, -0.05) is 19.9 Å². The molecule has 0 aromatic heterocycles. The van der Waals surface area contributed by atoms with Crippen molar-refractivity contribution in [2.24, 2.45) is 5.92 Å². The summed E-state index contributed by atoms with van der Waals surface area (Å²) < 4.78 is 41.3. The number of carbonyl (C=O) groups is 1. The van der Waals surface area contributed by atoms with Crippen LogP contribution in [0.4, 0.5) is 13.2 Å². The highest BCUT2D eigenvalue weighted by molar-refractivity contribution is 5.81. The Morgan fingerprint density at radius 3 is 2.47 bits per heavy atom. The maximum Gasteiger partial charge on any atom is 0.471 e. The lowest BCUT2D eigenvalue weighted by Gasteiger charge is -2.21. The van der Waals surface area contributed by atoms with Gasteiger partial charge in [0.05, 0.1) is 19.3 Å². The van der Waals surface area contributed by atoms with Crippen molar-refractivity contribution in [3.63, 3.8) is 0 Å². The first-order chi connectivity index (χ1) is 7.77. The summed E-state index contributed by atoms with van der Waals surface area (Å²) in [6, 6.07) is -0.635. The Morgan fingerprint density at radius 2 is 2.06 bits per heavy atom. The molecule has 3 nitrogen and oxygen atoms in total. The molecule has 1 amide bonds. The molecule has 0 bridgehead atoms. The lowest BCUT2D eigenvalue weighted by Crippen LogP contribution is -2.45. The number of carbonyl (C=O) groups excluding carboxylic acids is 1. The summed E-state index contributed by atoms with van der Waals surface area (Å²) in [5.41, 5.74) is 0.